The van der Waals surface area contributed by atoms with E-state index in [-0.39, 0.29) is 17.3 Å². The van der Waals surface area contributed by atoms with Crippen molar-refractivity contribution in [3.8, 4) is 22.9 Å². The van der Waals surface area contributed by atoms with Crippen molar-refractivity contribution in [3.05, 3.63) is 56.4 Å². The normalized spacial score (nSPS) is 11.0. The summed E-state index contributed by atoms with van der Waals surface area (Å²) in [6, 6.07) is 8.76. The lowest BCUT2D eigenvalue weighted by atomic mass is 10.2. The predicted octanol–water partition coefficient (Wildman–Crippen LogP) is -0.721. The molecular formula is C13H11N5O3. The number of fused-ring (bicyclic) bond motifs is 1. The summed E-state index contributed by atoms with van der Waals surface area (Å²) in [5.74, 6) is 0.0286. The number of aromatic nitrogens is 5. The third-order valence-corrected chi connectivity index (χ3v) is 3.19. The van der Waals surface area contributed by atoms with Gasteiger partial charge >= 0.3 is 17.1 Å². The van der Waals surface area contributed by atoms with Crippen molar-refractivity contribution in [2.24, 2.45) is 14.1 Å². The van der Waals surface area contributed by atoms with Gasteiger partial charge in [-0.1, -0.05) is 18.2 Å². The van der Waals surface area contributed by atoms with Crippen LogP contribution < -0.4 is 16.0 Å². The van der Waals surface area contributed by atoms with E-state index >= 15 is 0 Å². The maximum absolute atomic E-state index is 12.5. The quantitative estimate of drug-likeness (QED) is 0.434. The molecule has 106 valence electrons. The van der Waals surface area contributed by atoms with Crippen molar-refractivity contribution in [1.82, 2.24) is 19.3 Å². The molecule has 0 bridgehead atoms. The minimum absolute atomic E-state index is 0.0437. The lowest BCUT2D eigenvalue weighted by molar-refractivity contribution is -0.587. The zero-order chi connectivity index (χ0) is 15.1. The average molecular weight is 285 g/mol. The van der Waals surface area contributed by atoms with Crippen LogP contribution in [0.15, 0.2) is 39.9 Å². The Morgan fingerprint density at radius 3 is 2.48 bits per heavy atom. The van der Waals surface area contributed by atoms with Crippen molar-refractivity contribution < 1.29 is 4.73 Å². The van der Waals surface area contributed by atoms with Gasteiger partial charge < -0.3 is 5.21 Å². The van der Waals surface area contributed by atoms with E-state index in [4.69, 9.17) is 0 Å². The molecule has 0 unspecified atom stereocenters. The smallest absolute Gasteiger partial charge is 0.359 e. The zero-order valence-corrected chi connectivity index (χ0v) is 11.3. The first-order valence-corrected chi connectivity index (χ1v) is 6.13. The van der Waals surface area contributed by atoms with E-state index < -0.39 is 11.2 Å². The van der Waals surface area contributed by atoms with E-state index in [1.807, 2.05) is 6.07 Å². The van der Waals surface area contributed by atoms with Gasteiger partial charge in [0, 0.05) is 7.05 Å². The zero-order valence-electron chi connectivity index (χ0n) is 11.3. The van der Waals surface area contributed by atoms with E-state index in [1.54, 1.807) is 24.3 Å². The summed E-state index contributed by atoms with van der Waals surface area (Å²) in [5.41, 5.74) is -1.07. The van der Waals surface area contributed by atoms with Crippen LogP contribution in [0, 0.1) is 5.21 Å². The van der Waals surface area contributed by atoms with E-state index in [1.165, 1.54) is 18.8 Å². The van der Waals surface area contributed by atoms with Crippen molar-refractivity contribution >= 4 is 0 Å². The summed E-state index contributed by atoms with van der Waals surface area (Å²) >= 11 is 0. The molecule has 0 N–H and O–H groups in total. The molecule has 0 amide bonds. The fourth-order valence-electron chi connectivity index (χ4n) is 2.06. The lowest BCUT2D eigenvalue weighted by Crippen LogP contribution is -2.47. The molecule has 0 aromatic heterocycles. The topological polar surface area (TPSA) is 96.7 Å². The van der Waals surface area contributed by atoms with Gasteiger partial charge in [-0.2, -0.15) is 9.67 Å². The lowest BCUT2D eigenvalue weighted by Gasteiger charge is -2.14. The molecule has 0 saturated carbocycles. The Kier molecular flexibility index (Phi) is 2.79. The molecule has 2 heterocycles. The Bertz CT molecular complexity index is 914. The van der Waals surface area contributed by atoms with Crippen LogP contribution in [-0.2, 0) is 14.1 Å². The second kappa shape index (κ2) is 4.51. The Morgan fingerprint density at radius 2 is 1.81 bits per heavy atom. The van der Waals surface area contributed by atoms with Gasteiger partial charge in [0.15, 0.2) is 0 Å². The minimum Gasteiger partial charge on any atom is -0.710 e. The molecule has 2 aliphatic heterocycles. The van der Waals surface area contributed by atoms with Crippen LogP contribution in [0.4, 0.5) is 0 Å². The maximum Gasteiger partial charge on any atom is 0.359 e. The van der Waals surface area contributed by atoms with E-state index in [0.29, 0.717) is 10.3 Å². The van der Waals surface area contributed by atoms with Crippen LogP contribution in [-0.4, -0.2) is 19.3 Å². The van der Waals surface area contributed by atoms with Gasteiger partial charge in [0.2, 0.25) is 11.5 Å². The Morgan fingerprint density at radius 1 is 1.14 bits per heavy atom. The summed E-state index contributed by atoms with van der Waals surface area (Å²) < 4.78 is 2.47. The molecule has 1 aromatic carbocycles. The van der Waals surface area contributed by atoms with Crippen LogP contribution in [0.25, 0.3) is 22.9 Å². The van der Waals surface area contributed by atoms with Crippen LogP contribution in [0.2, 0.25) is 0 Å². The highest BCUT2D eigenvalue weighted by atomic mass is 16.5. The molecule has 0 atom stereocenters. The van der Waals surface area contributed by atoms with Crippen molar-refractivity contribution in [1.29, 1.82) is 0 Å². The fraction of sp³-hybridized carbons (Fsp3) is 0.154. The summed E-state index contributed by atoms with van der Waals surface area (Å²) in [7, 11) is 2.81. The fourth-order valence-corrected chi connectivity index (χ4v) is 2.06. The van der Waals surface area contributed by atoms with Crippen molar-refractivity contribution in [3.63, 3.8) is 0 Å². The first-order chi connectivity index (χ1) is 10.0. The molecule has 21 heavy (non-hydrogen) atoms. The number of hydrogen-bond donors (Lipinski definition) is 0. The summed E-state index contributed by atoms with van der Waals surface area (Å²) in [6.07, 6.45) is 0. The summed E-state index contributed by atoms with van der Waals surface area (Å²) in [5, 5.41) is 16.6. The number of nitrogens with zero attached hydrogens (tertiary/aromatic N) is 5. The molecular weight excluding hydrogens is 274 g/mol. The van der Waals surface area contributed by atoms with Gasteiger partial charge in [-0.25, -0.2) is 9.52 Å². The SMILES string of the molecule is Cn1nc(-c2ccccc2)[n+]([O-])c2c(=O)n(C)c(=O)nc1-2. The summed E-state index contributed by atoms with van der Waals surface area (Å²) in [4.78, 5) is 27.5. The largest absolute Gasteiger partial charge is 0.710 e. The van der Waals surface area contributed by atoms with Gasteiger partial charge in [-0.3, -0.25) is 9.36 Å². The molecule has 0 spiro atoms. The standard InChI is InChI=1S/C13H11N5O3/c1-16-12(19)9-11(14-13(16)20)17(2)15-10(18(9)21)8-6-4-3-5-7-8/h3-7H,1-2H3. The molecule has 1 aromatic rings. The number of benzene rings is 1. The van der Waals surface area contributed by atoms with Gasteiger partial charge in [-0.15, -0.1) is 0 Å². The molecule has 8 heteroatoms. The first-order valence-electron chi connectivity index (χ1n) is 6.13. The summed E-state index contributed by atoms with van der Waals surface area (Å²) in [6.45, 7) is 0. The highest BCUT2D eigenvalue weighted by molar-refractivity contribution is 5.54. The highest BCUT2D eigenvalue weighted by Gasteiger charge is 2.27. The van der Waals surface area contributed by atoms with E-state index in [2.05, 4.69) is 10.1 Å². The third-order valence-electron chi connectivity index (χ3n) is 3.19. The predicted molar refractivity (Wildman–Crippen MR) is 73.5 cm³/mol. The number of hydrogen-bond acceptors (Lipinski definition) is 5. The van der Waals surface area contributed by atoms with Crippen LogP contribution >= 0.6 is 0 Å². The monoisotopic (exact) mass is 285 g/mol. The van der Waals surface area contributed by atoms with Crippen LogP contribution in [0.1, 0.15) is 0 Å². The van der Waals surface area contributed by atoms with Gasteiger partial charge in [0.25, 0.3) is 0 Å². The molecule has 3 rings (SSSR count). The van der Waals surface area contributed by atoms with Crippen molar-refractivity contribution in [2.75, 3.05) is 0 Å². The molecule has 8 nitrogen and oxygen atoms in total. The second-order valence-electron chi connectivity index (χ2n) is 4.54. The van der Waals surface area contributed by atoms with E-state index in [0.717, 1.165) is 4.57 Å². The molecule has 2 aliphatic rings. The van der Waals surface area contributed by atoms with Gasteiger partial charge in [-0.05, 0) is 12.1 Å². The molecule has 0 aliphatic carbocycles. The van der Waals surface area contributed by atoms with E-state index in [9.17, 15) is 14.8 Å². The molecule has 0 fully saturated rings. The van der Waals surface area contributed by atoms with Crippen molar-refractivity contribution in [2.45, 2.75) is 0 Å². The van der Waals surface area contributed by atoms with Gasteiger partial charge in [0.05, 0.1) is 17.7 Å². The Balaban J connectivity index is 2.47. The van der Waals surface area contributed by atoms with Gasteiger partial charge in [0.1, 0.15) is 0 Å². The minimum atomic E-state index is -0.725. The molecule has 0 saturated heterocycles. The Labute approximate surface area is 118 Å². The average Bonchev–Trinajstić information content (AvgIpc) is 2.49. The number of rotatable bonds is 1. The first kappa shape index (κ1) is 13.0. The highest BCUT2D eigenvalue weighted by Crippen LogP contribution is 2.15. The van der Waals surface area contributed by atoms with Crippen LogP contribution in [0.3, 0.4) is 0 Å². The third kappa shape index (κ3) is 1.88. The Hall–Kier alpha value is -3.03. The second-order valence-corrected chi connectivity index (χ2v) is 4.54. The molecule has 0 radical (unpaired) electrons. The van der Waals surface area contributed by atoms with Crippen LogP contribution in [0.5, 0.6) is 0 Å². The number of aryl methyl sites for hydroxylation is 1. The maximum atomic E-state index is 12.5.